The number of halogens is 6. The van der Waals surface area contributed by atoms with Crippen molar-refractivity contribution in [2.24, 2.45) is 27.1 Å². The molecule has 0 bridgehead atoms. The number of aromatic hydroxyl groups is 2. The van der Waals surface area contributed by atoms with Crippen LogP contribution in [0, 0.1) is 62.0 Å². The van der Waals surface area contributed by atoms with Crippen LogP contribution >= 0.6 is 0 Å². The fourth-order valence-corrected chi connectivity index (χ4v) is 9.20. The Hall–Kier alpha value is -10.4. The lowest BCUT2D eigenvalue weighted by molar-refractivity contribution is -0.162. The Kier molecular flexibility index (Phi) is 26.1. The summed E-state index contributed by atoms with van der Waals surface area (Å²) in [6, 6.07) is 30.1. The summed E-state index contributed by atoms with van der Waals surface area (Å²) in [6.07, 6.45) is 5.09. The van der Waals surface area contributed by atoms with Crippen molar-refractivity contribution >= 4 is 70.3 Å². The number of carboxylic acid groups (broad SMARTS) is 2. The maximum absolute atomic E-state index is 13.4. The van der Waals surface area contributed by atoms with E-state index in [4.69, 9.17) is 26.8 Å². The van der Waals surface area contributed by atoms with Gasteiger partial charge >= 0.3 is 35.8 Å². The number of benzene rings is 6. The number of hydrogen-bond acceptors (Lipinski definition) is 18. The molecule has 0 spiro atoms. The first-order valence-corrected chi connectivity index (χ1v) is 29.2. The normalized spacial score (nSPS) is 15.5. The largest absolute Gasteiger partial charge is 0.505 e. The van der Waals surface area contributed by atoms with Crippen molar-refractivity contribution in [3.05, 3.63) is 191 Å². The van der Waals surface area contributed by atoms with Crippen molar-refractivity contribution in [3.63, 3.8) is 0 Å². The summed E-state index contributed by atoms with van der Waals surface area (Å²) in [5.41, 5.74) is 8.57. The molecule has 5 aliphatic carbocycles. The predicted molar refractivity (Wildman–Crippen MR) is 327 cm³/mol. The molecule has 5 aliphatic rings. The van der Waals surface area contributed by atoms with E-state index in [1.165, 1.54) is 138 Å². The zero-order valence-corrected chi connectivity index (χ0v) is 52.0. The number of ketones is 4. The van der Waals surface area contributed by atoms with Crippen LogP contribution in [-0.4, -0.2) is 108 Å². The average Bonchev–Trinajstić information content (AvgIpc) is 1.65. The first-order valence-electron chi connectivity index (χ1n) is 29.2. The standard InChI is InChI=1S/C19H16F2O3.C13H13FO3.C12H11FO3.C7H10O4.C6H6FNO.C6H6FN.C6H8O4/c20-14-4-1-12(2-5-14)10-17(23)19(7-8-19)18(24)11-13-3-6-16(22)15(21)9-13;1-17-12(16)13(6-7-13)11(15)8-9-2-4-10(14)5-3-9;13-9-3-1-8(2-4-9)7-10(14)12(5-6-12)11(15)16;1-10-5(8)7(3-4-7)6(9)11-2;7-5-3-4(8)1-2-6(5)9;7-5-1-3-6(8)4-2-5;1-10-5(9)6(2-3-6)4(7)8/h1-6,9,22H,7-8,10-11H2;2-5H,6-8H2,1H3;1-4H,5-7H2,(H,15,16);3-4H2,1-2H3;1-3,9H,8H2;1-4H,8H2;2-3H2,1H3,(H,7,8). The highest BCUT2D eigenvalue weighted by Crippen LogP contribution is 2.51. The monoisotopic (exact) mass is 1330 g/mol. The van der Waals surface area contributed by atoms with Crippen molar-refractivity contribution < 1.29 is 114 Å². The minimum absolute atomic E-state index is 0.0492. The van der Waals surface area contributed by atoms with Crippen LogP contribution in [0.25, 0.3) is 0 Å². The number of aliphatic carboxylic acids is 2. The number of carboxylic acids is 2. The molecule has 0 aliphatic heterocycles. The van der Waals surface area contributed by atoms with Gasteiger partial charge in [0.05, 0.1) is 33.9 Å². The summed E-state index contributed by atoms with van der Waals surface area (Å²) in [4.78, 5) is 114. The van der Waals surface area contributed by atoms with E-state index in [2.05, 4.69) is 18.9 Å². The third-order valence-corrected chi connectivity index (χ3v) is 16.1. The number of anilines is 2. The number of methoxy groups -OCH3 is 4. The lowest BCUT2D eigenvalue weighted by Gasteiger charge is -2.13. The van der Waals surface area contributed by atoms with E-state index in [1.54, 1.807) is 12.1 Å². The van der Waals surface area contributed by atoms with Gasteiger partial charge in [0.15, 0.2) is 57.1 Å². The van der Waals surface area contributed by atoms with Gasteiger partial charge in [-0.25, -0.2) is 26.3 Å². The number of phenols is 2. The Balaban J connectivity index is 0.000000207. The fraction of sp³-hybridized carbons (Fsp3) is 0.333. The third-order valence-electron chi connectivity index (χ3n) is 16.1. The van der Waals surface area contributed by atoms with Gasteiger partial charge in [-0.1, -0.05) is 42.5 Å². The van der Waals surface area contributed by atoms with Gasteiger partial charge in [0.2, 0.25) is 0 Å². The van der Waals surface area contributed by atoms with Crippen LogP contribution in [0.1, 0.15) is 86.5 Å². The Morgan fingerprint density at radius 2 is 0.589 bits per heavy atom. The smallest absolute Gasteiger partial charge is 0.323 e. The summed E-state index contributed by atoms with van der Waals surface area (Å²) in [5.74, 6) is -8.65. The molecule has 0 radical (unpaired) electrons. The van der Waals surface area contributed by atoms with Crippen LogP contribution < -0.4 is 11.5 Å². The second kappa shape index (κ2) is 32.9. The molecule has 6 aromatic carbocycles. The summed E-state index contributed by atoms with van der Waals surface area (Å²) >= 11 is 0. The van der Waals surface area contributed by atoms with Gasteiger partial charge < -0.3 is 50.8 Å². The van der Waals surface area contributed by atoms with Crippen LogP contribution in [-0.2, 0) is 92.6 Å². The van der Waals surface area contributed by atoms with Crippen molar-refractivity contribution in [2.45, 2.75) is 89.9 Å². The zero-order chi connectivity index (χ0) is 70.6. The Morgan fingerprint density at radius 3 is 0.863 bits per heavy atom. The number of nitrogens with two attached hydrogens (primary N) is 2. The summed E-state index contributed by atoms with van der Waals surface area (Å²) in [6.45, 7) is 0. The van der Waals surface area contributed by atoms with Gasteiger partial charge in [-0.15, -0.1) is 0 Å². The number of carbonyl (C=O) groups excluding carboxylic acids is 8. The van der Waals surface area contributed by atoms with E-state index in [-0.39, 0.29) is 77.8 Å². The number of carbonyl (C=O) groups is 10. The molecule has 5 saturated carbocycles. The zero-order valence-electron chi connectivity index (χ0n) is 52.0. The number of rotatable bonds is 18. The molecule has 95 heavy (non-hydrogen) atoms. The van der Waals surface area contributed by atoms with Crippen LogP contribution in [0.5, 0.6) is 11.5 Å². The van der Waals surface area contributed by atoms with Gasteiger partial charge in [0, 0.05) is 43.1 Å². The first kappa shape index (κ1) is 75.3. The number of nitrogen functional groups attached to an aromatic ring is 2. The lowest BCUT2D eigenvalue weighted by Crippen LogP contribution is -2.28. The number of ether oxygens (including phenoxy) is 4. The molecule has 506 valence electrons. The van der Waals surface area contributed by atoms with Crippen LogP contribution in [0.4, 0.5) is 37.7 Å². The van der Waals surface area contributed by atoms with Crippen molar-refractivity contribution in [1.82, 2.24) is 0 Å². The van der Waals surface area contributed by atoms with E-state index < -0.39 is 80.3 Å². The minimum Gasteiger partial charge on any atom is -0.505 e. The quantitative estimate of drug-likeness (QED) is 0.0116. The van der Waals surface area contributed by atoms with Gasteiger partial charge in [0.1, 0.15) is 34.1 Å². The molecule has 0 saturated heterocycles. The molecule has 0 atom stereocenters. The molecule has 20 nitrogen and oxygen atoms in total. The Labute approximate surface area is 541 Å². The number of phenolic OH excluding ortho intramolecular Hbond substituents is 2. The molecule has 11 rings (SSSR count). The minimum atomic E-state index is -1.19. The van der Waals surface area contributed by atoms with Crippen LogP contribution in [0.2, 0.25) is 0 Å². The Bertz CT molecular complexity index is 3710. The van der Waals surface area contributed by atoms with Crippen molar-refractivity contribution in [3.8, 4) is 11.5 Å². The lowest BCUT2D eigenvalue weighted by atomic mass is 9.88. The molecular formula is C69H70F6N2O18. The highest BCUT2D eigenvalue weighted by Gasteiger charge is 2.60. The van der Waals surface area contributed by atoms with Gasteiger partial charge in [-0.05, 0) is 171 Å². The molecule has 8 N–H and O–H groups in total. The highest BCUT2D eigenvalue weighted by molar-refractivity contribution is 6.11. The molecule has 0 aromatic heterocycles. The van der Waals surface area contributed by atoms with Gasteiger partial charge in [0.25, 0.3) is 0 Å². The topological polar surface area (TPSA) is 341 Å². The second-order valence-electron chi connectivity index (χ2n) is 22.8. The van der Waals surface area contributed by atoms with E-state index in [1.807, 2.05) is 0 Å². The summed E-state index contributed by atoms with van der Waals surface area (Å²) < 4.78 is 93.7. The van der Waals surface area contributed by atoms with Gasteiger partial charge in [-0.2, -0.15) is 0 Å². The van der Waals surface area contributed by atoms with E-state index in [0.717, 1.165) is 12.1 Å². The molecule has 6 aromatic rings. The molecule has 0 unspecified atom stereocenters. The number of Topliss-reactive ketones (excluding diaryl/α,β-unsaturated/α-hetero) is 4. The van der Waals surface area contributed by atoms with E-state index in [0.29, 0.717) is 97.8 Å². The molecule has 0 heterocycles. The van der Waals surface area contributed by atoms with E-state index in [9.17, 15) is 79.4 Å². The SMILES string of the molecule is COC(=O)C1(C(=O)Cc2ccc(F)cc2)CC1.COC(=O)C1(C(=O)O)CC1.COC(=O)C1(C(=O)OC)CC1.Nc1ccc(F)cc1.Nc1ccc(O)c(F)c1.O=C(Cc1ccc(F)cc1)C1(C(=O)Cc2ccc(O)c(F)c2)CC1.O=C(O)C1(C(=O)Cc2ccc(F)cc2)CC1. The maximum atomic E-state index is 13.4. The second-order valence-corrected chi connectivity index (χ2v) is 22.8. The predicted octanol–water partition coefficient (Wildman–Crippen LogP) is 9.72. The molecular weight excluding hydrogens is 1260 g/mol. The summed E-state index contributed by atoms with van der Waals surface area (Å²) in [7, 11) is 5.02. The van der Waals surface area contributed by atoms with Crippen molar-refractivity contribution in [2.75, 3.05) is 39.9 Å². The first-order chi connectivity index (χ1) is 44.8. The van der Waals surface area contributed by atoms with Crippen LogP contribution in [0.15, 0.2) is 133 Å². The average molecular weight is 1330 g/mol. The third kappa shape index (κ3) is 20.5. The fourth-order valence-electron chi connectivity index (χ4n) is 9.20. The Morgan fingerprint density at radius 1 is 0.337 bits per heavy atom. The molecule has 26 heteroatoms. The van der Waals surface area contributed by atoms with E-state index >= 15 is 0 Å². The maximum Gasteiger partial charge on any atom is 0.323 e. The van der Waals surface area contributed by atoms with Crippen LogP contribution in [0.3, 0.4) is 0 Å². The summed E-state index contributed by atoms with van der Waals surface area (Å²) in [5, 5.41) is 35.2. The number of hydrogen-bond donors (Lipinski definition) is 6. The van der Waals surface area contributed by atoms with Crippen molar-refractivity contribution in [1.29, 1.82) is 0 Å². The highest BCUT2D eigenvalue weighted by atomic mass is 19.1. The number of esters is 4. The van der Waals surface area contributed by atoms with Gasteiger partial charge in [-0.3, -0.25) is 47.9 Å². The molecule has 5 fully saturated rings. The molecule has 0 amide bonds.